The molecule has 2 aromatic carbocycles. The molecule has 5 aromatic rings. The molecule has 1 aliphatic heterocycles. The Morgan fingerprint density at radius 1 is 1.03 bits per heavy atom. The molecule has 9 nitrogen and oxygen atoms in total. The predicted molar refractivity (Wildman–Crippen MR) is 141 cm³/mol. The van der Waals surface area contributed by atoms with Crippen molar-refractivity contribution < 1.29 is 21.6 Å². The quantitative estimate of drug-likeness (QED) is 0.297. The van der Waals surface area contributed by atoms with Crippen LogP contribution in [0.1, 0.15) is 12.8 Å². The van der Waals surface area contributed by atoms with Gasteiger partial charge in [0.1, 0.15) is 29.3 Å². The summed E-state index contributed by atoms with van der Waals surface area (Å²) in [4.78, 5) is 13.6. The number of rotatable bonds is 6. The van der Waals surface area contributed by atoms with Crippen molar-refractivity contribution in [2.24, 2.45) is 0 Å². The van der Waals surface area contributed by atoms with Gasteiger partial charge in [-0.2, -0.15) is 9.29 Å². The molecule has 1 N–H and O–H groups in total. The number of piperidine rings is 1. The van der Waals surface area contributed by atoms with E-state index in [0.29, 0.717) is 47.3 Å². The molecule has 0 aliphatic carbocycles. The van der Waals surface area contributed by atoms with Gasteiger partial charge in [-0.15, -0.1) is 0 Å². The van der Waals surface area contributed by atoms with Crippen LogP contribution in [0.25, 0.3) is 28.5 Å². The van der Waals surface area contributed by atoms with Gasteiger partial charge >= 0.3 is 5.84 Å². The van der Waals surface area contributed by atoms with E-state index in [2.05, 4.69) is 15.3 Å². The molecule has 0 spiro atoms. The third-order valence-corrected chi connectivity index (χ3v) is 8.78. The highest BCUT2D eigenvalue weighted by Crippen LogP contribution is 2.33. The van der Waals surface area contributed by atoms with Crippen molar-refractivity contribution in [3.63, 3.8) is 0 Å². The van der Waals surface area contributed by atoms with E-state index in [1.165, 1.54) is 28.8 Å². The Balaban J connectivity index is 1.21. The monoisotopic (exact) mass is 570 g/mol. The summed E-state index contributed by atoms with van der Waals surface area (Å²) in [7, 11) is -3.80. The zero-order valence-electron chi connectivity index (χ0n) is 20.3. The molecule has 1 aliphatic rings. The number of hydrogen-bond donors (Lipinski definition) is 1. The number of benzene rings is 2. The van der Waals surface area contributed by atoms with Crippen molar-refractivity contribution >= 4 is 33.4 Å². The Hall–Kier alpha value is -3.87. The van der Waals surface area contributed by atoms with Crippen LogP contribution in [0, 0.1) is 11.6 Å². The summed E-state index contributed by atoms with van der Waals surface area (Å²) in [6.07, 6.45) is 5.89. The topological polar surface area (TPSA) is 106 Å². The van der Waals surface area contributed by atoms with Crippen LogP contribution in [0.15, 0.2) is 76.5 Å². The first-order valence-electron chi connectivity index (χ1n) is 12.1. The second-order valence-electron chi connectivity index (χ2n) is 9.04. The molecule has 200 valence electrons. The Kier molecular flexibility index (Phi) is 6.53. The molecule has 1 saturated heterocycles. The van der Waals surface area contributed by atoms with Gasteiger partial charge in [0.25, 0.3) is 0 Å². The van der Waals surface area contributed by atoms with Crippen LogP contribution in [-0.4, -0.2) is 51.2 Å². The number of fused-ring (bicyclic) bond motifs is 1. The van der Waals surface area contributed by atoms with E-state index in [1.807, 2.05) is 0 Å². The minimum atomic E-state index is -3.80. The van der Waals surface area contributed by atoms with E-state index < -0.39 is 15.8 Å². The fraction of sp³-hybridized carbons (Fsp3) is 0.192. The van der Waals surface area contributed by atoms with Gasteiger partial charge in [-0.1, -0.05) is 11.6 Å². The molecule has 6 rings (SSSR count). The third-order valence-electron chi connectivity index (χ3n) is 6.59. The Bertz CT molecular complexity index is 1770. The number of hydrogen-bond acceptors (Lipinski definition) is 7. The second-order valence-corrected chi connectivity index (χ2v) is 11.4. The van der Waals surface area contributed by atoms with E-state index in [9.17, 15) is 17.2 Å². The van der Waals surface area contributed by atoms with E-state index in [-0.39, 0.29) is 34.9 Å². The third kappa shape index (κ3) is 4.86. The SMILES string of the molecule is O=S(=O)(c1ccc(F)c(Cl)c1)N1CCC(Nc2nccc(-c3c(-c4ccc(F)cc4)nc4occn34)n2)CC1. The molecular weight excluding hydrogens is 550 g/mol. The minimum Gasteiger partial charge on any atom is -0.432 e. The van der Waals surface area contributed by atoms with Gasteiger partial charge in [0.05, 0.1) is 15.6 Å². The summed E-state index contributed by atoms with van der Waals surface area (Å²) in [5.74, 6) is -0.275. The van der Waals surface area contributed by atoms with E-state index in [1.54, 1.807) is 35.0 Å². The first-order chi connectivity index (χ1) is 18.8. The van der Waals surface area contributed by atoms with Gasteiger partial charge in [0.15, 0.2) is 0 Å². The molecule has 0 atom stereocenters. The fourth-order valence-corrected chi connectivity index (χ4v) is 6.35. The Labute approximate surface area is 227 Å². The first-order valence-corrected chi connectivity index (χ1v) is 13.9. The molecular formula is C26H21ClF2N6O3S. The van der Waals surface area contributed by atoms with Crippen molar-refractivity contribution in [2.75, 3.05) is 18.4 Å². The molecule has 4 heterocycles. The molecule has 0 saturated carbocycles. The molecule has 0 unspecified atom stereocenters. The zero-order valence-corrected chi connectivity index (χ0v) is 21.8. The van der Waals surface area contributed by atoms with Gasteiger partial charge in [-0.3, -0.25) is 4.40 Å². The lowest BCUT2D eigenvalue weighted by Crippen LogP contribution is -2.42. The maximum absolute atomic E-state index is 13.5. The standard InChI is InChI=1S/C26H21ClF2N6O3S/c27-20-15-19(5-6-21(20)29)39(36,37)34-11-8-18(9-12-34)31-25-30-10-7-22(32-25)24-23(16-1-3-17(28)4-2-16)33-26-35(24)13-14-38-26/h1-7,10,13-15,18H,8-9,11-12H2,(H,30,31,32). The summed E-state index contributed by atoms with van der Waals surface area (Å²) >= 11 is 5.79. The molecule has 0 bridgehead atoms. The maximum atomic E-state index is 13.5. The smallest absolute Gasteiger partial charge is 0.306 e. The van der Waals surface area contributed by atoms with Crippen LogP contribution >= 0.6 is 11.6 Å². The lowest BCUT2D eigenvalue weighted by molar-refractivity contribution is 0.329. The fourth-order valence-electron chi connectivity index (χ4n) is 4.61. The Morgan fingerprint density at radius 2 is 1.79 bits per heavy atom. The van der Waals surface area contributed by atoms with Crippen molar-refractivity contribution in [3.8, 4) is 22.6 Å². The molecule has 13 heteroatoms. The van der Waals surface area contributed by atoms with E-state index >= 15 is 0 Å². The second kappa shape index (κ2) is 10.0. The van der Waals surface area contributed by atoms with Crippen molar-refractivity contribution in [2.45, 2.75) is 23.8 Å². The lowest BCUT2D eigenvalue weighted by atomic mass is 10.1. The van der Waals surface area contributed by atoms with Crippen molar-refractivity contribution in [1.82, 2.24) is 23.7 Å². The molecule has 0 radical (unpaired) electrons. The number of imidazole rings is 1. The summed E-state index contributed by atoms with van der Waals surface area (Å²) in [6, 6.07) is 11.1. The molecule has 3 aromatic heterocycles. The van der Waals surface area contributed by atoms with Gasteiger partial charge in [0, 0.05) is 37.1 Å². The molecule has 1 fully saturated rings. The minimum absolute atomic E-state index is 0.0420. The van der Waals surface area contributed by atoms with Crippen LogP contribution in [0.2, 0.25) is 5.02 Å². The lowest BCUT2D eigenvalue weighted by Gasteiger charge is -2.31. The van der Waals surface area contributed by atoms with Crippen LogP contribution < -0.4 is 5.32 Å². The van der Waals surface area contributed by atoms with E-state index in [4.69, 9.17) is 21.0 Å². The number of nitrogens with one attached hydrogen (secondary N) is 1. The van der Waals surface area contributed by atoms with Crippen LogP contribution in [-0.2, 0) is 10.0 Å². The summed E-state index contributed by atoms with van der Waals surface area (Å²) in [6.45, 7) is 0.531. The summed E-state index contributed by atoms with van der Waals surface area (Å²) in [5.41, 5.74) is 2.52. The van der Waals surface area contributed by atoms with Crippen LogP contribution in [0.3, 0.4) is 0 Å². The number of aromatic nitrogens is 4. The van der Waals surface area contributed by atoms with Gasteiger partial charge < -0.3 is 9.73 Å². The highest BCUT2D eigenvalue weighted by molar-refractivity contribution is 7.89. The average molecular weight is 571 g/mol. The number of sulfonamides is 1. The van der Waals surface area contributed by atoms with Crippen LogP contribution in [0.5, 0.6) is 0 Å². The first kappa shape index (κ1) is 25.4. The predicted octanol–water partition coefficient (Wildman–Crippen LogP) is 5.25. The Morgan fingerprint density at radius 3 is 2.54 bits per heavy atom. The molecule has 0 amide bonds. The van der Waals surface area contributed by atoms with Crippen molar-refractivity contribution in [1.29, 1.82) is 0 Å². The number of nitrogens with zero attached hydrogens (tertiary/aromatic N) is 5. The normalized spacial score (nSPS) is 15.2. The number of oxazole rings is 1. The number of halogens is 3. The van der Waals surface area contributed by atoms with Gasteiger partial charge in [-0.05, 0) is 61.4 Å². The summed E-state index contributed by atoms with van der Waals surface area (Å²) < 4.78 is 61.6. The van der Waals surface area contributed by atoms with E-state index in [0.717, 1.165) is 12.1 Å². The molecule has 39 heavy (non-hydrogen) atoms. The van der Waals surface area contributed by atoms with Crippen molar-refractivity contribution in [3.05, 3.63) is 83.8 Å². The highest BCUT2D eigenvalue weighted by atomic mass is 35.5. The highest BCUT2D eigenvalue weighted by Gasteiger charge is 2.30. The number of anilines is 1. The summed E-state index contributed by atoms with van der Waals surface area (Å²) in [5, 5.41) is 3.07. The zero-order chi connectivity index (χ0) is 27.1. The van der Waals surface area contributed by atoms with Gasteiger partial charge in [0.2, 0.25) is 16.0 Å². The maximum Gasteiger partial charge on any atom is 0.306 e. The largest absolute Gasteiger partial charge is 0.432 e. The van der Waals surface area contributed by atoms with Gasteiger partial charge in [-0.25, -0.2) is 27.2 Å². The average Bonchev–Trinajstić information content (AvgIpc) is 3.53. The van der Waals surface area contributed by atoms with Crippen LogP contribution in [0.4, 0.5) is 14.7 Å².